The number of fused-ring (bicyclic) bond motifs is 1. The van der Waals surface area contributed by atoms with Crippen LogP contribution in [0.15, 0.2) is 47.4 Å². The highest BCUT2D eigenvalue weighted by Crippen LogP contribution is 2.31. The molecule has 0 saturated carbocycles. The maximum atomic E-state index is 12.7. The smallest absolute Gasteiger partial charge is 0.453 e. The SMILES string of the molecule is COC(=O)N1CCc2ccc(NS(=O)(=O)c3ccccc3OC(F)(F)F)cc2C1. The normalized spacial score (nSPS) is 14.1. The lowest BCUT2D eigenvalue weighted by molar-refractivity contribution is -0.275. The van der Waals surface area contributed by atoms with Crippen molar-refractivity contribution >= 4 is 21.8 Å². The number of nitrogens with zero attached hydrogens (tertiary/aromatic N) is 1. The van der Waals surface area contributed by atoms with Crippen molar-refractivity contribution in [3.8, 4) is 5.75 Å². The van der Waals surface area contributed by atoms with Gasteiger partial charge in [0.1, 0.15) is 10.6 Å². The molecular weight excluding hydrogens is 413 g/mol. The molecular formula is C18H17F3N2O5S. The Morgan fingerprint density at radius 3 is 2.55 bits per heavy atom. The third-order valence-electron chi connectivity index (χ3n) is 4.27. The van der Waals surface area contributed by atoms with Gasteiger partial charge in [-0.3, -0.25) is 4.72 Å². The second-order valence-electron chi connectivity index (χ2n) is 6.23. The maximum absolute atomic E-state index is 12.7. The van der Waals surface area contributed by atoms with E-state index in [2.05, 4.69) is 9.46 Å². The summed E-state index contributed by atoms with van der Waals surface area (Å²) in [5, 5.41) is 0. The van der Waals surface area contributed by atoms with E-state index in [9.17, 15) is 26.4 Å². The van der Waals surface area contributed by atoms with E-state index in [1.807, 2.05) is 0 Å². The number of para-hydroxylation sites is 1. The molecule has 0 unspecified atom stereocenters. The van der Waals surface area contributed by atoms with E-state index < -0.39 is 33.1 Å². The summed E-state index contributed by atoms with van der Waals surface area (Å²) >= 11 is 0. The molecule has 1 N–H and O–H groups in total. The zero-order chi connectivity index (χ0) is 21.2. The molecule has 29 heavy (non-hydrogen) atoms. The Morgan fingerprint density at radius 2 is 1.86 bits per heavy atom. The van der Waals surface area contributed by atoms with Crippen LogP contribution in [0.5, 0.6) is 5.75 Å². The van der Waals surface area contributed by atoms with Crippen LogP contribution in [0.2, 0.25) is 0 Å². The van der Waals surface area contributed by atoms with Crippen molar-refractivity contribution in [3.63, 3.8) is 0 Å². The van der Waals surface area contributed by atoms with Gasteiger partial charge in [0.2, 0.25) is 0 Å². The van der Waals surface area contributed by atoms with Gasteiger partial charge < -0.3 is 14.4 Å². The summed E-state index contributed by atoms with van der Waals surface area (Å²) in [6, 6.07) is 9.22. The standard InChI is InChI=1S/C18H17F3N2O5S/c1-27-17(24)23-9-8-12-6-7-14(10-13(12)11-23)22-29(25,26)16-5-3-2-4-15(16)28-18(19,20)21/h2-7,10,22H,8-9,11H2,1H3. The summed E-state index contributed by atoms with van der Waals surface area (Å²) < 4.78 is 73.8. The van der Waals surface area contributed by atoms with Gasteiger partial charge in [0, 0.05) is 18.8 Å². The zero-order valence-electron chi connectivity index (χ0n) is 15.2. The number of sulfonamides is 1. The van der Waals surface area contributed by atoms with Crippen molar-refractivity contribution in [2.45, 2.75) is 24.2 Å². The lowest BCUT2D eigenvalue weighted by Crippen LogP contribution is -2.35. The van der Waals surface area contributed by atoms with Gasteiger partial charge in [0.25, 0.3) is 10.0 Å². The molecule has 3 rings (SSSR count). The third kappa shape index (κ3) is 4.91. The van der Waals surface area contributed by atoms with Crippen LogP contribution in [0.3, 0.4) is 0 Å². The highest BCUT2D eigenvalue weighted by molar-refractivity contribution is 7.92. The highest BCUT2D eigenvalue weighted by atomic mass is 32.2. The minimum atomic E-state index is -5.03. The number of carbonyl (C=O) groups excluding carboxylic acids is 1. The molecule has 0 radical (unpaired) electrons. The maximum Gasteiger partial charge on any atom is 0.573 e. The van der Waals surface area contributed by atoms with Crippen LogP contribution in [0.4, 0.5) is 23.7 Å². The predicted octanol–water partition coefficient (Wildman–Crippen LogP) is 3.51. The molecule has 0 saturated heterocycles. The van der Waals surface area contributed by atoms with Gasteiger partial charge in [0.05, 0.1) is 7.11 Å². The number of ether oxygens (including phenoxy) is 2. The largest absolute Gasteiger partial charge is 0.573 e. The van der Waals surface area contributed by atoms with Crippen molar-refractivity contribution < 1.29 is 35.9 Å². The van der Waals surface area contributed by atoms with Gasteiger partial charge in [-0.2, -0.15) is 0 Å². The van der Waals surface area contributed by atoms with Crippen LogP contribution in [-0.2, 0) is 27.7 Å². The first-order chi connectivity index (χ1) is 13.6. The number of benzene rings is 2. The number of anilines is 1. The number of alkyl halides is 3. The number of hydrogen-bond donors (Lipinski definition) is 1. The van der Waals surface area contributed by atoms with E-state index in [1.54, 1.807) is 6.07 Å². The molecule has 156 valence electrons. The number of methoxy groups -OCH3 is 1. The number of hydrogen-bond acceptors (Lipinski definition) is 5. The molecule has 7 nitrogen and oxygen atoms in total. The molecule has 1 aliphatic heterocycles. The second-order valence-corrected chi connectivity index (χ2v) is 7.88. The lowest BCUT2D eigenvalue weighted by Gasteiger charge is -2.28. The molecule has 2 aromatic rings. The summed E-state index contributed by atoms with van der Waals surface area (Å²) in [5.74, 6) is -0.831. The van der Waals surface area contributed by atoms with Crippen LogP contribution in [0.1, 0.15) is 11.1 Å². The summed E-state index contributed by atoms with van der Waals surface area (Å²) in [4.78, 5) is 12.5. The van der Waals surface area contributed by atoms with Crippen molar-refractivity contribution in [2.75, 3.05) is 18.4 Å². The van der Waals surface area contributed by atoms with Gasteiger partial charge >= 0.3 is 12.5 Å². The number of rotatable bonds is 4. The average molecular weight is 430 g/mol. The molecule has 0 fully saturated rings. The Hall–Kier alpha value is -2.95. The molecule has 0 spiro atoms. The van der Waals surface area contributed by atoms with Crippen molar-refractivity contribution in [1.29, 1.82) is 0 Å². The Balaban J connectivity index is 1.87. The Labute approximate surface area is 165 Å². The number of halogens is 3. The topological polar surface area (TPSA) is 84.9 Å². The van der Waals surface area contributed by atoms with E-state index in [-0.39, 0.29) is 12.2 Å². The molecule has 2 aromatic carbocycles. The summed E-state index contributed by atoms with van der Waals surface area (Å²) in [6.45, 7) is 0.693. The first kappa shape index (κ1) is 20.8. The molecule has 11 heteroatoms. The third-order valence-corrected chi connectivity index (χ3v) is 5.69. The fraction of sp³-hybridized carbons (Fsp3) is 0.278. The summed E-state index contributed by atoms with van der Waals surface area (Å²) in [6.07, 6.45) is -4.96. The van der Waals surface area contributed by atoms with E-state index in [0.29, 0.717) is 18.5 Å². The van der Waals surface area contributed by atoms with E-state index in [0.717, 1.165) is 17.7 Å². The fourth-order valence-electron chi connectivity index (χ4n) is 3.00. The number of carbonyl (C=O) groups is 1. The van der Waals surface area contributed by atoms with Crippen molar-refractivity contribution in [1.82, 2.24) is 4.90 Å². The molecule has 0 aromatic heterocycles. The Morgan fingerprint density at radius 1 is 1.14 bits per heavy atom. The quantitative estimate of drug-likeness (QED) is 0.803. The average Bonchev–Trinajstić information content (AvgIpc) is 2.65. The Kier molecular flexibility index (Phi) is 5.60. The Bertz CT molecular complexity index is 1020. The first-order valence-electron chi connectivity index (χ1n) is 8.41. The lowest BCUT2D eigenvalue weighted by atomic mass is 9.99. The van der Waals surface area contributed by atoms with Gasteiger partial charge in [-0.25, -0.2) is 13.2 Å². The minimum Gasteiger partial charge on any atom is -0.453 e. The molecule has 1 aliphatic rings. The monoisotopic (exact) mass is 430 g/mol. The van der Waals surface area contributed by atoms with Crippen LogP contribution >= 0.6 is 0 Å². The van der Waals surface area contributed by atoms with Gasteiger partial charge in [-0.05, 0) is 41.8 Å². The van der Waals surface area contributed by atoms with Gasteiger partial charge in [0.15, 0.2) is 0 Å². The van der Waals surface area contributed by atoms with Gasteiger partial charge in [-0.15, -0.1) is 13.2 Å². The second kappa shape index (κ2) is 7.82. The first-order valence-corrected chi connectivity index (χ1v) is 9.89. The predicted molar refractivity (Wildman–Crippen MR) is 96.9 cm³/mol. The van der Waals surface area contributed by atoms with E-state index in [1.165, 1.54) is 36.3 Å². The molecule has 0 atom stereocenters. The molecule has 1 heterocycles. The summed E-state index contributed by atoms with van der Waals surface area (Å²) in [5.41, 5.74) is 1.80. The minimum absolute atomic E-state index is 0.150. The van der Waals surface area contributed by atoms with E-state index >= 15 is 0 Å². The number of nitrogens with one attached hydrogen (secondary N) is 1. The van der Waals surface area contributed by atoms with Crippen molar-refractivity contribution in [2.24, 2.45) is 0 Å². The van der Waals surface area contributed by atoms with Crippen LogP contribution in [0.25, 0.3) is 0 Å². The molecule has 0 bridgehead atoms. The van der Waals surface area contributed by atoms with Crippen LogP contribution < -0.4 is 9.46 Å². The fourth-order valence-corrected chi connectivity index (χ4v) is 4.18. The number of amides is 1. The highest BCUT2D eigenvalue weighted by Gasteiger charge is 2.34. The van der Waals surface area contributed by atoms with Crippen molar-refractivity contribution in [3.05, 3.63) is 53.6 Å². The van der Waals surface area contributed by atoms with Crippen LogP contribution in [0, 0.1) is 0 Å². The van der Waals surface area contributed by atoms with Gasteiger partial charge in [-0.1, -0.05) is 18.2 Å². The molecule has 0 aliphatic carbocycles. The van der Waals surface area contributed by atoms with E-state index in [4.69, 9.17) is 4.74 Å². The van der Waals surface area contributed by atoms with Crippen LogP contribution in [-0.4, -0.2) is 39.4 Å². The summed E-state index contributed by atoms with van der Waals surface area (Å²) in [7, 11) is -3.09. The molecule has 1 amide bonds. The zero-order valence-corrected chi connectivity index (χ0v) is 16.0.